The van der Waals surface area contributed by atoms with Crippen LogP contribution in [0.3, 0.4) is 0 Å². The largest absolute Gasteiger partial charge is 0.369 e. The summed E-state index contributed by atoms with van der Waals surface area (Å²) in [7, 11) is 0. The van der Waals surface area contributed by atoms with Crippen LogP contribution in [0.5, 0.6) is 0 Å². The van der Waals surface area contributed by atoms with Crippen molar-refractivity contribution in [3.63, 3.8) is 0 Å². The predicted octanol–water partition coefficient (Wildman–Crippen LogP) is 2.78. The molecule has 1 aliphatic rings. The molecule has 0 saturated carbocycles. The Balaban J connectivity index is 1.77. The van der Waals surface area contributed by atoms with Crippen LogP contribution in [0.1, 0.15) is 23.5 Å². The van der Waals surface area contributed by atoms with Crippen molar-refractivity contribution in [2.75, 3.05) is 13.1 Å². The second-order valence-electron chi connectivity index (χ2n) is 6.04. The van der Waals surface area contributed by atoms with Crippen molar-refractivity contribution >= 4 is 5.91 Å². The molecule has 1 aliphatic heterocycles. The summed E-state index contributed by atoms with van der Waals surface area (Å²) < 4.78 is 0. The average molecular weight is 294 g/mol. The number of benzene rings is 2. The molecular weight excluding hydrogens is 272 g/mol. The number of nitrogens with zero attached hydrogens (tertiary/aromatic N) is 1. The zero-order chi connectivity index (χ0) is 15.4. The van der Waals surface area contributed by atoms with Gasteiger partial charge in [0, 0.05) is 24.9 Å². The van der Waals surface area contributed by atoms with Crippen LogP contribution in [0, 0.1) is 5.92 Å². The molecule has 22 heavy (non-hydrogen) atoms. The van der Waals surface area contributed by atoms with Gasteiger partial charge >= 0.3 is 0 Å². The Morgan fingerprint density at radius 3 is 2.32 bits per heavy atom. The monoisotopic (exact) mass is 294 g/mol. The van der Waals surface area contributed by atoms with Crippen molar-refractivity contribution < 1.29 is 4.79 Å². The van der Waals surface area contributed by atoms with Gasteiger partial charge in [-0.15, -0.1) is 0 Å². The third kappa shape index (κ3) is 3.37. The quantitative estimate of drug-likeness (QED) is 0.942. The first kappa shape index (κ1) is 14.8. The van der Waals surface area contributed by atoms with E-state index in [1.807, 2.05) is 24.3 Å². The van der Waals surface area contributed by atoms with Gasteiger partial charge in [0.1, 0.15) is 0 Å². The Kier molecular flexibility index (Phi) is 4.54. The Morgan fingerprint density at radius 2 is 1.68 bits per heavy atom. The normalized spacial score (nSPS) is 22.4. The van der Waals surface area contributed by atoms with Gasteiger partial charge < -0.3 is 5.73 Å². The highest BCUT2D eigenvalue weighted by Crippen LogP contribution is 2.32. The number of hydrogen-bond donors (Lipinski definition) is 1. The van der Waals surface area contributed by atoms with Crippen LogP contribution in [-0.2, 0) is 11.3 Å². The van der Waals surface area contributed by atoms with E-state index < -0.39 is 0 Å². The fourth-order valence-corrected chi connectivity index (χ4v) is 3.38. The van der Waals surface area contributed by atoms with Crippen molar-refractivity contribution in [3.05, 3.63) is 71.8 Å². The summed E-state index contributed by atoms with van der Waals surface area (Å²) in [5, 5.41) is 0. The maximum Gasteiger partial charge on any atom is 0.221 e. The molecule has 0 aromatic heterocycles. The van der Waals surface area contributed by atoms with Gasteiger partial charge in [0.2, 0.25) is 5.91 Å². The van der Waals surface area contributed by atoms with Crippen LogP contribution in [0.2, 0.25) is 0 Å². The summed E-state index contributed by atoms with van der Waals surface area (Å²) >= 11 is 0. The van der Waals surface area contributed by atoms with Crippen molar-refractivity contribution in [2.24, 2.45) is 11.7 Å². The maximum absolute atomic E-state index is 11.8. The van der Waals surface area contributed by atoms with Gasteiger partial charge in [-0.2, -0.15) is 0 Å². The SMILES string of the molecule is NC(=O)[C@H]1CCN(Cc2ccccc2)C[C@@H]1c1ccccc1. The molecule has 3 rings (SSSR count). The van der Waals surface area contributed by atoms with E-state index in [0.717, 1.165) is 26.1 Å². The van der Waals surface area contributed by atoms with Crippen molar-refractivity contribution in [1.82, 2.24) is 4.90 Å². The molecule has 3 nitrogen and oxygen atoms in total. The van der Waals surface area contributed by atoms with E-state index in [1.54, 1.807) is 0 Å². The molecule has 3 heteroatoms. The Morgan fingerprint density at radius 1 is 1.05 bits per heavy atom. The molecule has 0 radical (unpaired) electrons. The lowest BCUT2D eigenvalue weighted by Gasteiger charge is -2.37. The Hall–Kier alpha value is -2.13. The smallest absolute Gasteiger partial charge is 0.221 e. The molecule has 2 aromatic carbocycles. The molecule has 2 atom stereocenters. The Labute approximate surface area is 131 Å². The highest BCUT2D eigenvalue weighted by atomic mass is 16.1. The van der Waals surface area contributed by atoms with E-state index in [9.17, 15) is 4.79 Å². The standard InChI is InChI=1S/C19H22N2O/c20-19(22)17-11-12-21(13-15-7-3-1-4-8-15)14-18(17)16-9-5-2-6-10-16/h1-10,17-18H,11-14H2,(H2,20,22)/t17-,18+/m0/s1. The fourth-order valence-electron chi connectivity index (χ4n) is 3.38. The molecule has 1 heterocycles. The van der Waals surface area contributed by atoms with Gasteiger partial charge in [0.25, 0.3) is 0 Å². The summed E-state index contributed by atoms with van der Waals surface area (Å²) in [5.74, 6) is -0.0428. The number of piperidine rings is 1. The Bertz CT molecular complexity index is 612. The van der Waals surface area contributed by atoms with Gasteiger partial charge in [-0.05, 0) is 24.1 Å². The molecule has 1 saturated heterocycles. The van der Waals surface area contributed by atoms with E-state index in [2.05, 4.69) is 41.3 Å². The van der Waals surface area contributed by atoms with Gasteiger partial charge in [-0.25, -0.2) is 0 Å². The van der Waals surface area contributed by atoms with Crippen LogP contribution < -0.4 is 5.73 Å². The van der Waals surface area contributed by atoms with Gasteiger partial charge in [-0.1, -0.05) is 60.7 Å². The molecule has 2 N–H and O–H groups in total. The van der Waals surface area contributed by atoms with Crippen molar-refractivity contribution in [3.8, 4) is 0 Å². The fraction of sp³-hybridized carbons (Fsp3) is 0.316. The number of primary amides is 1. The molecular formula is C19H22N2O. The van der Waals surface area contributed by atoms with E-state index in [4.69, 9.17) is 5.73 Å². The minimum absolute atomic E-state index is 0.0607. The van der Waals surface area contributed by atoms with Gasteiger partial charge in [0.05, 0.1) is 0 Å². The third-order valence-electron chi connectivity index (χ3n) is 4.54. The van der Waals surface area contributed by atoms with Crippen LogP contribution in [0.4, 0.5) is 0 Å². The molecule has 1 fully saturated rings. The first-order valence-electron chi connectivity index (χ1n) is 7.84. The highest BCUT2D eigenvalue weighted by Gasteiger charge is 2.33. The van der Waals surface area contributed by atoms with Crippen LogP contribution in [0.15, 0.2) is 60.7 Å². The van der Waals surface area contributed by atoms with E-state index in [0.29, 0.717) is 0 Å². The lowest BCUT2D eigenvalue weighted by atomic mass is 9.80. The average Bonchev–Trinajstić information content (AvgIpc) is 2.56. The molecule has 114 valence electrons. The topological polar surface area (TPSA) is 46.3 Å². The first-order valence-corrected chi connectivity index (χ1v) is 7.84. The first-order chi connectivity index (χ1) is 10.7. The second kappa shape index (κ2) is 6.75. The minimum atomic E-state index is -0.173. The number of hydrogen-bond acceptors (Lipinski definition) is 2. The summed E-state index contributed by atoms with van der Waals surface area (Å²) in [6.07, 6.45) is 0.835. The lowest BCUT2D eigenvalue weighted by Crippen LogP contribution is -2.43. The molecule has 0 aliphatic carbocycles. The van der Waals surface area contributed by atoms with Crippen molar-refractivity contribution in [2.45, 2.75) is 18.9 Å². The van der Waals surface area contributed by atoms with Crippen LogP contribution in [-0.4, -0.2) is 23.9 Å². The molecule has 0 unspecified atom stereocenters. The number of rotatable bonds is 4. The highest BCUT2D eigenvalue weighted by molar-refractivity contribution is 5.78. The molecule has 0 bridgehead atoms. The van der Waals surface area contributed by atoms with Crippen LogP contribution in [0.25, 0.3) is 0 Å². The summed E-state index contributed by atoms with van der Waals surface area (Å²) in [6.45, 7) is 2.73. The summed E-state index contributed by atoms with van der Waals surface area (Å²) in [6, 6.07) is 20.8. The predicted molar refractivity (Wildman–Crippen MR) is 88.2 cm³/mol. The third-order valence-corrected chi connectivity index (χ3v) is 4.54. The van der Waals surface area contributed by atoms with Crippen molar-refractivity contribution in [1.29, 1.82) is 0 Å². The van der Waals surface area contributed by atoms with Gasteiger partial charge in [0.15, 0.2) is 0 Å². The lowest BCUT2D eigenvalue weighted by molar-refractivity contribution is -0.124. The maximum atomic E-state index is 11.8. The molecule has 1 amide bonds. The minimum Gasteiger partial charge on any atom is -0.369 e. The summed E-state index contributed by atoms with van der Waals surface area (Å²) in [5.41, 5.74) is 8.16. The summed E-state index contributed by atoms with van der Waals surface area (Å²) in [4.78, 5) is 14.2. The number of carbonyl (C=O) groups is 1. The molecule has 0 spiro atoms. The number of nitrogens with two attached hydrogens (primary N) is 1. The molecule has 2 aromatic rings. The van der Waals surface area contributed by atoms with Crippen LogP contribution >= 0.6 is 0 Å². The van der Waals surface area contributed by atoms with E-state index in [1.165, 1.54) is 11.1 Å². The number of amides is 1. The number of carbonyl (C=O) groups excluding carboxylic acids is 1. The zero-order valence-corrected chi connectivity index (χ0v) is 12.7. The van der Waals surface area contributed by atoms with E-state index >= 15 is 0 Å². The zero-order valence-electron chi connectivity index (χ0n) is 12.7. The van der Waals surface area contributed by atoms with E-state index in [-0.39, 0.29) is 17.7 Å². The second-order valence-corrected chi connectivity index (χ2v) is 6.04. The van der Waals surface area contributed by atoms with Gasteiger partial charge in [-0.3, -0.25) is 9.69 Å². The number of likely N-dealkylation sites (tertiary alicyclic amines) is 1.